The number of rotatable bonds is 3. The fraction of sp³-hybridized carbons (Fsp3) is 0.385. The number of nitrogens with zero attached hydrogens (tertiary/aromatic N) is 1. The first-order chi connectivity index (χ1) is 8.15. The summed E-state index contributed by atoms with van der Waals surface area (Å²) in [6.07, 6.45) is 0.762. The smallest absolute Gasteiger partial charge is 0.251 e. The lowest BCUT2D eigenvalue weighted by molar-refractivity contribution is 0.0753. The molecular weight excluding hydrogens is 216 g/mol. The molecule has 17 heavy (non-hydrogen) atoms. The highest BCUT2D eigenvalue weighted by Crippen LogP contribution is 2.09. The zero-order valence-electron chi connectivity index (χ0n) is 10.1. The van der Waals surface area contributed by atoms with Crippen LogP contribution in [0.5, 0.6) is 0 Å². The number of aryl methyl sites for hydroxylation is 1. The van der Waals surface area contributed by atoms with Crippen LogP contribution >= 0.6 is 0 Å². The third-order valence-corrected chi connectivity index (χ3v) is 2.65. The highest BCUT2D eigenvalue weighted by atomic mass is 16.6. The third kappa shape index (κ3) is 3.06. The first-order valence-electron chi connectivity index (χ1n) is 5.69. The van der Waals surface area contributed by atoms with E-state index >= 15 is 0 Å². The first-order valence-corrected chi connectivity index (χ1v) is 5.69. The molecule has 1 aromatic rings. The zero-order chi connectivity index (χ0) is 12.3. The lowest BCUT2D eigenvalue weighted by Gasteiger charge is -2.10. The van der Waals surface area contributed by atoms with Gasteiger partial charge >= 0.3 is 0 Å². The Labute approximate surface area is 101 Å². The molecule has 0 aliphatic carbocycles. The number of hydrogen-bond donors (Lipinski definition) is 1. The Hall–Kier alpha value is -1.84. The van der Waals surface area contributed by atoms with Crippen LogP contribution in [0.15, 0.2) is 29.4 Å². The van der Waals surface area contributed by atoms with Gasteiger partial charge in [0.05, 0.1) is 12.3 Å². The second-order valence-electron chi connectivity index (χ2n) is 4.34. The molecule has 0 saturated carbocycles. The molecule has 90 valence electrons. The number of hydrogen-bond acceptors (Lipinski definition) is 3. The van der Waals surface area contributed by atoms with E-state index in [9.17, 15) is 4.79 Å². The van der Waals surface area contributed by atoms with E-state index < -0.39 is 0 Å². The van der Waals surface area contributed by atoms with Crippen molar-refractivity contribution >= 4 is 11.6 Å². The van der Waals surface area contributed by atoms with E-state index in [-0.39, 0.29) is 12.0 Å². The van der Waals surface area contributed by atoms with Crippen molar-refractivity contribution in [3.05, 3.63) is 35.4 Å². The van der Waals surface area contributed by atoms with Gasteiger partial charge in [-0.3, -0.25) is 4.79 Å². The van der Waals surface area contributed by atoms with Crippen molar-refractivity contribution in [3.63, 3.8) is 0 Å². The van der Waals surface area contributed by atoms with Gasteiger partial charge in [-0.1, -0.05) is 22.9 Å². The predicted molar refractivity (Wildman–Crippen MR) is 66.1 cm³/mol. The summed E-state index contributed by atoms with van der Waals surface area (Å²) in [5.74, 6) is -0.0677. The zero-order valence-corrected chi connectivity index (χ0v) is 10.1. The minimum absolute atomic E-state index is 0.0243. The van der Waals surface area contributed by atoms with Gasteiger partial charge in [0.1, 0.15) is 6.10 Å². The van der Waals surface area contributed by atoms with Gasteiger partial charge in [0.25, 0.3) is 5.91 Å². The molecule has 0 bridgehead atoms. The quantitative estimate of drug-likeness (QED) is 0.865. The van der Waals surface area contributed by atoms with Crippen LogP contribution in [0.3, 0.4) is 0 Å². The summed E-state index contributed by atoms with van der Waals surface area (Å²) in [6.45, 7) is 4.38. The number of amides is 1. The van der Waals surface area contributed by atoms with Crippen LogP contribution in [-0.4, -0.2) is 24.3 Å². The molecule has 4 nitrogen and oxygen atoms in total. The van der Waals surface area contributed by atoms with E-state index in [1.807, 2.05) is 32.0 Å². The summed E-state index contributed by atoms with van der Waals surface area (Å²) in [7, 11) is 0. The monoisotopic (exact) mass is 232 g/mol. The fourth-order valence-electron chi connectivity index (χ4n) is 1.77. The van der Waals surface area contributed by atoms with Gasteiger partial charge in [-0.05, 0) is 26.0 Å². The van der Waals surface area contributed by atoms with E-state index in [0.717, 1.165) is 17.7 Å². The van der Waals surface area contributed by atoms with E-state index in [4.69, 9.17) is 4.84 Å². The van der Waals surface area contributed by atoms with E-state index in [1.165, 1.54) is 0 Å². The summed E-state index contributed by atoms with van der Waals surface area (Å²) >= 11 is 0. The van der Waals surface area contributed by atoms with Crippen LogP contribution < -0.4 is 5.32 Å². The lowest BCUT2D eigenvalue weighted by Crippen LogP contribution is -2.32. The van der Waals surface area contributed by atoms with Gasteiger partial charge in [-0.2, -0.15) is 0 Å². The highest BCUT2D eigenvalue weighted by Gasteiger charge is 2.18. The maximum Gasteiger partial charge on any atom is 0.251 e. The van der Waals surface area contributed by atoms with Crippen molar-refractivity contribution in [3.8, 4) is 0 Å². The van der Waals surface area contributed by atoms with E-state index in [0.29, 0.717) is 12.1 Å². The Morgan fingerprint density at radius 1 is 1.53 bits per heavy atom. The molecule has 0 saturated heterocycles. The molecule has 1 aliphatic rings. The van der Waals surface area contributed by atoms with Gasteiger partial charge in [0.2, 0.25) is 0 Å². The molecular formula is C13H16N2O2. The summed E-state index contributed by atoms with van der Waals surface area (Å²) in [4.78, 5) is 17.0. The summed E-state index contributed by atoms with van der Waals surface area (Å²) in [5.41, 5.74) is 2.73. The van der Waals surface area contributed by atoms with Gasteiger partial charge in [-0.15, -0.1) is 0 Å². The van der Waals surface area contributed by atoms with Crippen LogP contribution in [0.2, 0.25) is 0 Å². The topological polar surface area (TPSA) is 50.7 Å². The van der Waals surface area contributed by atoms with Crippen molar-refractivity contribution in [2.24, 2.45) is 5.16 Å². The number of carbonyl (C=O) groups is 1. The van der Waals surface area contributed by atoms with Crippen LogP contribution in [0.25, 0.3) is 0 Å². The van der Waals surface area contributed by atoms with Crippen molar-refractivity contribution in [1.82, 2.24) is 5.32 Å². The molecule has 0 spiro atoms. The Morgan fingerprint density at radius 2 is 2.35 bits per heavy atom. The van der Waals surface area contributed by atoms with Crippen molar-refractivity contribution < 1.29 is 9.63 Å². The second kappa shape index (κ2) is 4.99. The van der Waals surface area contributed by atoms with Crippen LogP contribution in [-0.2, 0) is 4.84 Å². The van der Waals surface area contributed by atoms with E-state index in [2.05, 4.69) is 10.5 Å². The molecule has 0 fully saturated rings. The number of benzene rings is 1. The van der Waals surface area contributed by atoms with Crippen molar-refractivity contribution in [2.75, 3.05) is 6.54 Å². The van der Waals surface area contributed by atoms with E-state index in [1.54, 1.807) is 6.07 Å². The number of nitrogens with one attached hydrogen (secondary N) is 1. The molecule has 2 rings (SSSR count). The molecule has 1 atom stereocenters. The van der Waals surface area contributed by atoms with Gasteiger partial charge < -0.3 is 10.2 Å². The molecule has 4 heteroatoms. The molecule has 1 heterocycles. The first kappa shape index (κ1) is 11.6. The molecule has 1 aliphatic heterocycles. The number of oxime groups is 1. The Kier molecular flexibility index (Phi) is 3.42. The Bertz CT molecular complexity index is 454. The minimum Gasteiger partial charge on any atom is -0.390 e. The maximum atomic E-state index is 11.8. The summed E-state index contributed by atoms with van der Waals surface area (Å²) in [5, 5.41) is 6.70. The highest BCUT2D eigenvalue weighted by molar-refractivity contribution is 5.94. The fourth-order valence-corrected chi connectivity index (χ4v) is 1.77. The van der Waals surface area contributed by atoms with Gasteiger partial charge in [0, 0.05) is 12.0 Å². The van der Waals surface area contributed by atoms with Crippen molar-refractivity contribution in [2.45, 2.75) is 26.4 Å². The molecule has 0 aromatic heterocycles. The largest absolute Gasteiger partial charge is 0.390 e. The Morgan fingerprint density at radius 3 is 3.00 bits per heavy atom. The Balaban J connectivity index is 1.86. The standard InChI is InChI=1S/C13H16N2O2/c1-9-4-3-5-11(6-9)13(16)14-8-12-7-10(2)15-17-12/h3-6,12H,7-8H2,1-2H3,(H,14,16)/t12-/m0/s1. The van der Waals surface area contributed by atoms with Crippen molar-refractivity contribution in [1.29, 1.82) is 0 Å². The minimum atomic E-state index is -0.0677. The van der Waals surface area contributed by atoms with Gasteiger partial charge in [0.15, 0.2) is 0 Å². The maximum absolute atomic E-state index is 11.8. The van der Waals surface area contributed by atoms with Crippen LogP contribution in [0.4, 0.5) is 0 Å². The van der Waals surface area contributed by atoms with Crippen LogP contribution in [0.1, 0.15) is 29.3 Å². The van der Waals surface area contributed by atoms with Gasteiger partial charge in [-0.25, -0.2) is 0 Å². The molecule has 1 N–H and O–H groups in total. The normalized spacial score (nSPS) is 18.5. The van der Waals surface area contributed by atoms with Crippen LogP contribution in [0, 0.1) is 6.92 Å². The number of carbonyl (C=O) groups excluding carboxylic acids is 1. The SMILES string of the molecule is CC1=NO[C@H](CNC(=O)c2cccc(C)c2)C1. The molecule has 1 aromatic carbocycles. The summed E-state index contributed by atoms with van der Waals surface area (Å²) in [6, 6.07) is 7.52. The third-order valence-electron chi connectivity index (χ3n) is 2.65. The molecule has 0 radical (unpaired) electrons. The average Bonchev–Trinajstić information content (AvgIpc) is 2.72. The second-order valence-corrected chi connectivity index (χ2v) is 4.34. The molecule has 0 unspecified atom stereocenters. The average molecular weight is 232 g/mol. The molecule has 1 amide bonds. The lowest BCUT2D eigenvalue weighted by atomic mass is 10.1. The predicted octanol–water partition coefficient (Wildman–Crippen LogP) is 1.89. The summed E-state index contributed by atoms with van der Waals surface area (Å²) < 4.78 is 0.